The summed E-state index contributed by atoms with van der Waals surface area (Å²) in [4.78, 5) is 34.2. The van der Waals surface area contributed by atoms with E-state index in [9.17, 15) is 14.7 Å². The molecule has 0 bridgehead atoms. The summed E-state index contributed by atoms with van der Waals surface area (Å²) in [5, 5.41) is 20.4. The van der Waals surface area contributed by atoms with Gasteiger partial charge in [-0.3, -0.25) is 9.59 Å². The first-order valence-electron chi connectivity index (χ1n) is 14.9. The molecule has 0 saturated carbocycles. The first-order chi connectivity index (χ1) is 20.4. The van der Waals surface area contributed by atoms with E-state index in [1.165, 1.54) is 4.88 Å². The quantitative estimate of drug-likeness (QED) is 0.290. The molecule has 2 aliphatic rings. The SMILES string of the molecule is Cc1ncsc1-c1ccc(CCNC(=O)C2CCCN2C(=O)[C@H](c2cc(OCC3CCNCC3)no2)C(C)CO)cc1. The van der Waals surface area contributed by atoms with Gasteiger partial charge in [-0.25, -0.2) is 4.98 Å². The van der Waals surface area contributed by atoms with E-state index in [-0.39, 0.29) is 18.4 Å². The van der Waals surface area contributed by atoms with Gasteiger partial charge in [0.1, 0.15) is 12.0 Å². The topological polar surface area (TPSA) is 130 Å². The number of carbonyl (C=O) groups excluding carboxylic acids is 2. The maximum absolute atomic E-state index is 13.8. The van der Waals surface area contributed by atoms with E-state index in [2.05, 4.69) is 45.0 Å². The van der Waals surface area contributed by atoms with Gasteiger partial charge < -0.3 is 29.9 Å². The van der Waals surface area contributed by atoms with Gasteiger partial charge in [-0.15, -0.1) is 11.3 Å². The van der Waals surface area contributed by atoms with Crippen LogP contribution in [0.15, 0.2) is 40.4 Å². The summed E-state index contributed by atoms with van der Waals surface area (Å²) in [5.74, 6) is -0.406. The van der Waals surface area contributed by atoms with E-state index in [1.54, 1.807) is 29.2 Å². The zero-order valence-corrected chi connectivity index (χ0v) is 25.2. The number of ether oxygens (including phenoxy) is 1. The molecule has 3 atom stereocenters. The molecule has 2 amide bonds. The Kier molecular flexibility index (Phi) is 10.2. The molecule has 10 nitrogen and oxygen atoms in total. The molecule has 1 aromatic carbocycles. The Morgan fingerprint density at radius 2 is 2.02 bits per heavy atom. The van der Waals surface area contributed by atoms with Crippen LogP contribution in [0.3, 0.4) is 0 Å². The molecule has 4 heterocycles. The molecule has 2 aromatic heterocycles. The van der Waals surface area contributed by atoms with Gasteiger partial charge in [0.25, 0.3) is 5.88 Å². The number of piperidine rings is 1. The van der Waals surface area contributed by atoms with Crippen LogP contribution in [0.2, 0.25) is 0 Å². The van der Waals surface area contributed by atoms with Crippen LogP contribution in [0, 0.1) is 18.8 Å². The summed E-state index contributed by atoms with van der Waals surface area (Å²) in [6.07, 6.45) is 4.12. The van der Waals surface area contributed by atoms with Gasteiger partial charge in [-0.2, -0.15) is 0 Å². The predicted molar refractivity (Wildman–Crippen MR) is 160 cm³/mol. The van der Waals surface area contributed by atoms with Gasteiger partial charge in [0.15, 0.2) is 5.76 Å². The van der Waals surface area contributed by atoms with Crippen LogP contribution in [0.5, 0.6) is 5.88 Å². The van der Waals surface area contributed by atoms with E-state index in [4.69, 9.17) is 9.26 Å². The Labute approximate surface area is 250 Å². The van der Waals surface area contributed by atoms with Crippen molar-refractivity contribution in [3.05, 3.63) is 52.9 Å². The zero-order chi connectivity index (χ0) is 29.5. The van der Waals surface area contributed by atoms with Gasteiger partial charge in [-0.1, -0.05) is 31.2 Å². The maximum atomic E-state index is 13.8. The molecule has 0 aliphatic carbocycles. The van der Waals surface area contributed by atoms with Crippen LogP contribution in [0.4, 0.5) is 0 Å². The third-order valence-electron chi connectivity index (χ3n) is 8.38. The third kappa shape index (κ3) is 7.19. The minimum atomic E-state index is -0.757. The van der Waals surface area contributed by atoms with Crippen molar-refractivity contribution >= 4 is 23.2 Å². The lowest BCUT2D eigenvalue weighted by molar-refractivity contribution is -0.141. The van der Waals surface area contributed by atoms with Crippen LogP contribution in [0.1, 0.15) is 55.5 Å². The van der Waals surface area contributed by atoms with Crippen LogP contribution in [-0.4, -0.2) is 77.4 Å². The summed E-state index contributed by atoms with van der Waals surface area (Å²) in [6, 6.07) is 9.43. The minimum Gasteiger partial charge on any atom is -0.475 e. The predicted octanol–water partition coefficient (Wildman–Crippen LogP) is 3.55. The number of aromatic nitrogens is 2. The van der Waals surface area contributed by atoms with Crippen molar-refractivity contribution < 1.29 is 24.0 Å². The summed E-state index contributed by atoms with van der Waals surface area (Å²) in [6.45, 7) is 7.08. The number of nitrogens with zero attached hydrogens (tertiary/aromatic N) is 3. The number of rotatable bonds is 12. The van der Waals surface area contributed by atoms with Gasteiger partial charge in [-0.05, 0) is 80.2 Å². The highest BCUT2D eigenvalue weighted by Gasteiger charge is 2.41. The van der Waals surface area contributed by atoms with Crippen molar-refractivity contribution in [2.75, 3.05) is 39.4 Å². The van der Waals surface area contributed by atoms with Crippen LogP contribution < -0.4 is 15.4 Å². The lowest BCUT2D eigenvalue weighted by Gasteiger charge is -2.29. The molecule has 5 rings (SSSR count). The molecule has 42 heavy (non-hydrogen) atoms. The van der Waals surface area contributed by atoms with Gasteiger partial charge in [0.05, 0.1) is 22.7 Å². The number of likely N-dealkylation sites (tertiary alicyclic amines) is 1. The normalized spacial score (nSPS) is 19.0. The number of carbonyl (C=O) groups is 2. The van der Waals surface area contributed by atoms with E-state index in [1.807, 2.05) is 12.4 Å². The molecular formula is C31H41N5O5S. The molecule has 2 unspecified atom stereocenters. The van der Waals surface area contributed by atoms with E-state index in [0.29, 0.717) is 50.1 Å². The molecule has 0 spiro atoms. The second-order valence-electron chi connectivity index (χ2n) is 11.4. The van der Waals surface area contributed by atoms with Crippen LogP contribution in [0.25, 0.3) is 10.4 Å². The molecule has 2 aliphatic heterocycles. The largest absolute Gasteiger partial charge is 0.475 e. The van der Waals surface area contributed by atoms with Gasteiger partial charge in [0.2, 0.25) is 11.8 Å². The van der Waals surface area contributed by atoms with Gasteiger partial charge >= 0.3 is 0 Å². The van der Waals surface area contributed by atoms with Gasteiger partial charge in [0, 0.05) is 25.8 Å². The summed E-state index contributed by atoms with van der Waals surface area (Å²) in [5.41, 5.74) is 5.14. The Morgan fingerprint density at radius 3 is 2.74 bits per heavy atom. The Bertz CT molecular complexity index is 1320. The highest BCUT2D eigenvalue weighted by molar-refractivity contribution is 7.13. The summed E-state index contributed by atoms with van der Waals surface area (Å²) in [7, 11) is 0. The van der Waals surface area contributed by atoms with Crippen molar-refractivity contribution in [1.29, 1.82) is 0 Å². The number of aryl methyl sites for hydroxylation is 1. The number of hydrogen-bond acceptors (Lipinski definition) is 9. The second kappa shape index (κ2) is 14.3. The monoisotopic (exact) mass is 595 g/mol. The fourth-order valence-electron chi connectivity index (χ4n) is 5.82. The van der Waals surface area contributed by atoms with E-state index in [0.717, 1.165) is 49.2 Å². The molecule has 11 heteroatoms. The van der Waals surface area contributed by atoms with Crippen LogP contribution in [-0.2, 0) is 16.0 Å². The Hall–Kier alpha value is -3.28. The first-order valence-corrected chi connectivity index (χ1v) is 15.8. The molecule has 3 N–H and O–H groups in total. The maximum Gasteiger partial charge on any atom is 0.254 e. The Balaban J connectivity index is 1.17. The molecule has 226 valence electrons. The third-order valence-corrected chi connectivity index (χ3v) is 9.35. The van der Waals surface area contributed by atoms with Crippen LogP contribution >= 0.6 is 11.3 Å². The standard InChI is InChI=1S/C31H41N5O5S/c1-20(17-37)28(26-16-27(35-41-26)40-18-23-9-12-32-13-10-23)31(39)36-15-3-4-25(36)30(38)33-14-11-22-5-7-24(8-6-22)29-21(2)34-19-42-29/h5-8,16,19-20,23,25,28,32,37H,3-4,9-15,17-18H2,1-2H3,(H,33,38)/t20?,25?,28-/m0/s1. The van der Waals surface area contributed by atoms with E-state index >= 15 is 0 Å². The fraction of sp³-hybridized carbons (Fsp3) is 0.548. The first kappa shape index (κ1) is 30.2. The molecule has 2 saturated heterocycles. The highest BCUT2D eigenvalue weighted by Crippen LogP contribution is 2.33. The minimum absolute atomic E-state index is 0.156. The molecule has 2 fully saturated rings. The van der Waals surface area contributed by atoms with E-state index < -0.39 is 17.9 Å². The van der Waals surface area contributed by atoms with Crippen molar-refractivity contribution in [3.63, 3.8) is 0 Å². The number of nitrogens with one attached hydrogen (secondary N) is 2. The zero-order valence-electron chi connectivity index (χ0n) is 24.4. The molecule has 0 radical (unpaired) electrons. The average Bonchev–Trinajstić information content (AvgIpc) is 3.78. The number of aliphatic hydroxyl groups excluding tert-OH is 1. The fourth-order valence-corrected chi connectivity index (χ4v) is 6.63. The van der Waals surface area contributed by atoms with Crippen molar-refractivity contribution in [3.8, 4) is 16.3 Å². The average molecular weight is 596 g/mol. The summed E-state index contributed by atoms with van der Waals surface area (Å²) < 4.78 is 11.4. The van der Waals surface area contributed by atoms with Crippen molar-refractivity contribution in [1.82, 2.24) is 25.7 Å². The smallest absolute Gasteiger partial charge is 0.254 e. The molecule has 3 aromatic rings. The van der Waals surface area contributed by atoms with Crippen molar-refractivity contribution in [2.45, 2.75) is 57.9 Å². The molecular weight excluding hydrogens is 554 g/mol. The Morgan fingerprint density at radius 1 is 1.24 bits per heavy atom. The summed E-state index contributed by atoms with van der Waals surface area (Å²) >= 11 is 1.63. The number of thiazole rings is 1. The van der Waals surface area contributed by atoms with Crippen molar-refractivity contribution in [2.24, 2.45) is 11.8 Å². The number of hydrogen-bond donors (Lipinski definition) is 3. The second-order valence-corrected chi connectivity index (χ2v) is 12.3. The number of benzene rings is 1. The highest BCUT2D eigenvalue weighted by atomic mass is 32.1. The number of amides is 2. The lowest BCUT2D eigenvalue weighted by Crippen LogP contribution is -2.48. The lowest BCUT2D eigenvalue weighted by atomic mass is 9.90. The number of aliphatic hydroxyl groups is 1.